The minimum absolute atomic E-state index is 0.00665. The lowest BCUT2D eigenvalue weighted by Crippen LogP contribution is -2.23. The highest BCUT2D eigenvalue weighted by Gasteiger charge is 2.15. The average Bonchev–Trinajstić information content (AvgIpc) is 3.21. The van der Waals surface area contributed by atoms with Gasteiger partial charge in [-0.2, -0.15) is 10.1 Å². The number of esters is 1. The lowest BCUT2D eigenvalue weighted by Gasteiger charge is -2.04. The Hall–Kier alpha value is -2.39. The average molecular weight is 405 g/mol. The predicted octanol–water partition coefficient (Wildman–Crippen LogP) is 2.86. The van der Waals surface area contributed by atoms with Crippen LogP contribution in [0.25, 0.3) is 10.2 Å². The smallest absolute Gasteiger partial charge is 0.325 e. The molecule has 0 N–H and O–H groups in total. The quantitative estimate of drug-likeness (QED) is 0.483. The van der Waals surface area contributed by atoms with Crippen molar-refractivity contribution < 1.29 is 14.3 Å². The van der Waals surface area contributed by atoms with Crippen LogP contribution in [0, 0.1) is 6.92 Å². The maximum Gasteiger partial charge on any atom is 0.325 e. The zero-order valence-corrected chi connectivity index (χ0v) is 17.2. The summed E-state index contributed by atoms with van der Waals surface area (Å²) in [6, 6.07) is 7.67. The van der Waals surface area contributed by atoms with Gasteiger partial charge in [0.2, 0.25) is 0 Å². The second-order valence-corrected chi connectivity index (χ2v) is 7.67. The Kier molecular flexibility index (Phi) is 5.81. The molecule has 1 amide bonds. The molecule has 7 nitrogen and oxygen atoms in total. The Morgan fingerprint density at radius 3 is 2.78 bits per heavy atom. The SMILES string of the molecule is CCn1nc(C)cc1C(=O)N=c1sc2cc(SC)ccc2n1CC(=O)OC. The van der Waals surface area contributed by atoms with Crippen molar-refractivity contribution in [1.29, 1.82) is 0 Å². The lowest BCUT2D eigenvalue weighted by molar-refractivity contribution is -0.141. The van der Waals surface area contributed by atoms with Crippen molar-refractivity contribution in [3.05, 3.63) is 40.5 Å². The van der Waals surface area contributed by atoms with E-state index in [0.717, 1.165) is 20.8 Å². The fraction of sp³-hybridized carbons (Fsp3) is 0.333. The first kappa shape index (κ1) is 19.4. The van der Waals surface area contributed by atoms with Crippen LogP contribution in [0.1, 0.15) is 23.1 Å². The number of aromatic nitrogens is 3. The monoisotopic (exact) mass is 404 g/mol. The summed E-state index contributed by atoms with van der Waals surface area (Å²) >= 11 is 3.01. The number of rotatable bonds is 5. The molecule has 3 rings (SSSR count). The number of nitrogens with zero attached hydrogens (tertiary/aromatic N) is 4. The number of ether oxygens (including phenoxy) is 1. The highest BCUT2D eigenvalue weighted by Crippen LogP contribution is 2.24. The van der Waals surface area contributed by atoms with E-state index in [-0.39, 0.29) is 12.5 Å². The molecule has 0 aliphatic rings. The second kappa shape index (κ2) is 8.10. The molecule has 0 saturated heterocycles. The first-order valence-corrected chi connectivity index (χ1v) is 10.4. The third-order valence-electron chi connectivity index (χ3n) is 4.02. The summed E-state index contributed by atoms with van der Waals surface area (Å²) in [5.41, 5.74) is 2.04. The molecule has 0 atom stereocenters. The van der Waals surface area contributed by atoms with E-state index >= 15 is 0 Å². The maximum atomic E-state index is 12.8. The van der Waals surface area contributed by atoms with Crippen molar-refractivity contribution in [2.24, 2.45) is 4.99 Å². The van der Waals surface area contributed by atoms with E-state index in [9.17, 15) is 9.59 Å². The second-order valence-electron chi connectivity index (χ2n) is 5.78. The molecule has 1 aromatic carbocycles. The van der Waals surface area contributed by atoms with Crippen molar-refractivity contribution in [3.8, 4) is 0 Å². The maximum absolute atomic E-state index is 12.8. The molecule has 0 spiro atoms. The molecule has 0 aliphatic heterocycles. The van der Waals surface area contributed by atoms with Gasteiger partial charge in [-0.15, -0.1) is 11.8 Å². The topological polar surface area (TPSA) is 78.5 Å². The van der Waals surface area contributed by atoms with Gasteiger partial charge in [0.1, 0.15) is 12.2 Å². The van der Waals surface area contributed by atoms with Gasteiger partial charge in [-0.25, -0.2) is 0 Å². The number of amides is 1. The van der Waals surface area contributed by atoms with Crippen molar-refractivity contribution in [3.63, 3.8) is 0 Å². The molecule has 142 valence electrons. The summed E-state index contributed by atoms with van der Waals surface area (Å²) in [4.78, 5) is 30.5. The molecule has 27 heavy (non-hydrogen) atoms. The highest BCUT2D eigenvalue weighted by atomic mass is 32.2. The number of hydrogen-bond donors (Lipinski definition) is 0. The van der Waals surface area contributed by atoms with E-state index in [1.165, 1.54) is 18.4 Å². The van der Waals surface area contributed by atoms with Gasteiger partial charge in [0.05, 0.1) is 23.0 Å². The van der Waals surface area contributed by atoms with Crippen LogP contribution >= 0.6 is 23.1 Å². The Bertz CT molecular complexity index is 1080. The van der Waals surface area contributed by atoms with Crippen molar-refractivity contribution in [2.45, 2.75) is 31.8 Å². The normalized spacial score (nSPS) is 11.9. The standard InChI is InChI=1S/C18H20N4O3S2/c1-5-22-14(8-11(2)20-22)17(24)19-18-21(10-16(23)25-3)13-7-6-12(26-4)9-15(13)27-18/h6-9H,5,10H2,1-4H3. The Morgan fingerprint density at radius 1 is 1.33 bits per heavy atom. The third-order valence-corrected chi connectivity index (χ3v) is 5.79. The summed E-state index contributed by atoms with van der Waals surface area (Å²) in [6.07, 6.45) is 2.00. The van der Waals surface area contributed by atoms with Gasteiger partial charge in [0.15, 0.2) is 4.80 Å². The first-order chi connectivity index (χ1) is 13.0. The molecule has 3 aromatic rings. The molecular formula is C18H20N4O3S2. The summed E-state index contributed by atoms with van der Waals surface area (Å²) < 4.78 is 9.10. The van der Waals surface area contributed by atoms with E-state index in [1.54, 1.807) is 27.1 Å². The van der Waals surface area contributed by atoms with Crippen LogP contribution in [0.3, 0.4) is 0 Å². The Balaban J connectivity index is 2.15. The van der Waals surface area contributed by atoms with Gasteiger partial charge in [0.25, 0.3) is 5.91 Å². The Labute approximate surface area is 164 Å². The van der Waals surface area contributed by atoms with Crippen LogP contribution in [-0.2, 0) is 22.6 Å². The minimum Gasteiger partial charge on any atom is -0.468 e. The minimum atomic E-state index is -0.396. The van der Waals surface area contributed by atoms with Gasteiger partial charge in [-0.3, -0.25) is 14.3 Å². The molecule has 0 fully saturated rings. The van der Waals surface area contributed by atoms with E-state index in [0.29, 0.717) is 17.0 Å². The number of carbonyl (C=O) groups excluding carboxylic acids is 2. The summed E-state index contributed by atoms with van der Waals surface area (Å²) in [5, 5.41) is 4.30. The number of carbonyl (C=O) groups is 2. The van der Waals surface area contributed by atoms with Crippen LogP contribution in [0.2, 0.25) is 0 Å². The number of benzene rings is 1. The molecule has 0 bridgehead atoms. The van der Waals surface area contributed by atoms with Crippen LogP contribution in [-0.4, -0.2) is 39.6 Å². The van der Waals surface area contributed by atoms with E-state index in [4.69, 9.17) is 4.74 Å². The number of thioether (sulfide) groups is 1. The molecule has 0 saturated carbocycles. The van der Waals surface area contributed by atoms with E-state index in [1.807, 2.05) is 38.3 Å². The third kappa shape index (κ3) is 3.98. The van der Waals surface area contributed by atoms with Crippen molar-refractivity contribution in [2.75, 3.05) is 13.4 Å². The molecule has 2 heterocycles. The summed E-state index contributed by atoms with van der Waals surface area (Å²) in [6.45, 7) is 4.33. The lowest BCUT2D eigenvalue weighted by atomic mass is 10.3. The van der Waals surface area contributed by atoms with Gasteiger partial charge < -0.3 is 9.30 Å². The number of hydrogen-bond acceptors (Lipinski definition) is 6. The van der Waals surface area contributed by atoms with E-state index < -0.39 is 5.97 Å². The van der Waals surface area contributed by atoms with Gasteiger partial charge in [0, 0.05) is 11.4 Å². The van der Waals surface area contributed by atoms with Crippen molar-refractivity contribution >= 4 is 45.2 Å². The molecule has 2 aromatic heterocycles. The van der Waals surface area contributed by atoms with Crippen LogP contribution < -0.4 is 4.80 Å². The summed E-state index contributed by atoms with van der Waals surface area (Å²) in [7, 11) is 1.34. The molecule has 9 heteroatoms. The predicted molar refractivity (Wildman–Crippen MR) is 106 cm³/mol. The fourth-order valence-electron chi connectivity index (χ4n) is 2.72. The van der Waals surface area contributed by atoms with E-state index in [2.05, 4.69) is 10.1 Å². The number of thiazole rings is 1. The molecule has 0 unspecified atom stereocenters. The number of fused-ring (bicyclic) bond motifs is 1. The zero-order chi connectivity index (χ0) is 19.6. The number of aryl methyl sites for hydroxylation is 2. The fourth-order valence-corrected chi connectivity index (χ4v) is 4.30. The highest BCUT2D eigenvalue weighted by molar-refractivity contribution is 7.98. The van der Waals surface area contributed by atoms with Gasteiger partial charge in [-0.05, 0) is 44.4 Å². The van der Waals surface area contributed by atoms with Crippen LogP contribution in [0.4, 0.5) is 0 Å². The Morgan fingerprint density at radius 2 is 2.11 bits per heavy atom. The zero-order valence-electron chi connectivity index (χ0n) is 15.6. The van der Waals surface area contributed by atoms with Crippen molar-refractivity contribution in [1.82, 2.24) is 14.3 Å². The van der Waals surface area contributed by atoms with Crippen LogP contribution in [0.15, 0.2) is 34.2 Å². The van der Waals surface area contributed by atoms with Gasteiger partial charge >= 0.3 is 5.97 Å². The van der Waals surface area contributed by atoms with Gasteiger partial charge in [-0.1, -0.05) is 11.3 Å². The number of methoxy groups -OCH3 is 1. The largest absolute Gasteiger partial charge is 0.468 e. The van der Waals surface area contributed by atoms with Crippen LogP contribution in [0.5, 0.6) is 0 Å². The molecule has 0 aliphatic carbocycles. The first-order valence-electron chi connectivity index (χ1n) is 8.34. The summed E-state index contributed by atoms with van der Waals surface area (Å²) in [5.74, 6) is -0.778. The molecule has 0 radical (unpaired) electrons. The molecular weight excluding hydrogens is 384 g/mol.